The molecule has 0 saturated carbocycles. The maximum Gasteiger partial charge on any atom is 0.165 e. The van der Waals surface area contributed by atoms with Gasteiger partial charge in [0.05, 0.1) is 17.2 Å². The average Bonchev–Trinajstić information content (AvgIpc) is 2.33. The predicted octanol–water partition coefficient (Wildman–Crippen LogP) is 5.46. The minimum Gasteiger partial charge on any atom is -0.494 e. The summed E-state index contributed by atoms with van der Waals surface area (Å²) in [6, 6.07) is 7.71. The fourth-order valence-corrected chi connectivity index (χ4v) is 2.23. The van der Waals surface area contributed by atoms with Crippen molar-refractivity contribution in [2.24, 2.45) is 0 Å². The third kappa shape index (κ3) is 2.56. The van der Waals surface area contributed by atoms with Crippen molar-refractivity contribution < 1.29 is 9.13 Å². The Balaban J connectivity index is 2.55. The summed E-state index contributed by atoms with van der Waals surface area (Å²) in [6.07, 6.45) is 0. The highest BCUT2D eigenvalue weighted by atomic mass is 35.5. The van der Waals surface area contributed by atoms with Crippen LogP contribution in [-0.4, -0.2) is 7.11 Å². The smallest absolute Gasteiger partial charge is 0.165 e. The first kappa shape index (κ1) is 13.5. The largest absolute Gasteiger partial charge is 0.494 e. The molecular weight excluding hydrogens is 297 g/mol. The van der Waals surface area contributed by atoms with E-state index in [2.05, 4.69) is 0 Å². The van der Waals surface area contributed by atoms with Gasteiger partial charge in [-0.3, -0.25) is 0 Å². The summed E-state index contributed by atoms with van der Waals surface area (Å²) < 4.78 is 18.5. The van der Waals surface area contributed by atoms with Crippen LogP contribution in [0.25, 0.3) is 11.1 Å². The number of ether oxygens (including phenoxy) is 1. The van der Waals surface area contributed by atoms with Gasteiger partial charge in [0, 0.05) is 10.6 Å². The average molecular weight is 306 g/mol. The standard InChI is InChI=1S/C13H8Cl3FO/c1-18-13-3-2-7(4-12(13)17)8-5-10(15)11(16)6-9(8)14/h2-6H,1H3. The summed E-state index contributed by atoms with van der Waals surface area (Å²) in [5.41, 5.74) is 1.23. The minimum atomic E-state index is -0.461. The Morgan fingerprint density at radius 1 is 0.944 bits per heavy atom. The third-order valence-electron chi connectivity index (χ3n) is 2.47. The van der Waals surface area contributed by atoms with Crippen LogP contribution >= 0.6 is 34.8 Å². The summed E-state index contributed by atoms with van der Waals surface area (Å²) >= 11 is 17.8. The fourth-order valence-electron chi connectivity index (χ4n) is 1.58. The fraction of sp³-hybridized carbons (Fsp3) is 0.0769. The quantitative estimate of drug-likeness (QED) is 0.669. The molecule has 5 heteroatoms. The van der Waals surface area contributed by atoms with Gasteiger partial charge >= 0.3 is 0 Å². The van der Waals surface area contributed by atoms with E-state index in [1.54, 1.807) is 12.1 Å². The molecule has 0 unspecified atom stereocenters. The lowest BCUT2D eigenvalue weighted by atomic mass is 10.1. The van der Waals surface area contributed by atoms with Crippen LogP contribution in [0.5, 0.6) is 5.75 Å². The summed E-state index contributed by atoms with van der Waals surface area (Å²) in [6.45, 7) is 0. The highest BCUT2D eigenvalue weighted by molar-refractivity contribution is 6.44. The summed E-state index contributed by atoms with van der Waals surface area (Å²) in [5, 5.41) is 1.14. The Bertz CT molecular complexity index is 599. The van der Waals surface area contributed by atoms with Gasteiger partial charge in [-0.15, -0.1) is 0 Å². The van der Waals surface area contributed by atoms with Crippen molar-refractivity contribution in [2.75, 3.05) is 7.11 Å². The Hall–Kier alpha value is -0.960. The molecule has 0 bridgehead atoms. The number of hydrogen-bond acceptors (Lipinski definition) is 1. The number of benzene rings is 2. The first-order valence-electron chi connectivity index (χ1n) is 5.01. The van der Waals surface area contributed by atoms with E-state index in [1.807, 2.05) is 0 Å². The van der Waals surface area contributed by atoms with Crippen molar-refractivity contribution in [3.63, 3.8) is 0 Å². The highest BCUT2D eigenvalue weighted by Gasteiger charge is 2.10. The molecule has 2 aromatic rings. The molecule has 2 aromatic carbocycles. The van der Waals surface area contributed by atoms with Crippen molar-refractivity contribution in [2.45, 2.75) is 0 Å². The van der Waals surface area contributed by atoms with Crippen LogP contribution in [0.1, 0.15) is 0 Å². The van der Waals surface area contributed by atoms with Gasteiger partial charge in [-0.25, -0.2) is 4.39 Å². The number of rotatable bonds is 2. The molecule has 94 valence electrons. The van der Waals surface area contributed by atoms with E-state index >= 15 is 0 Å². The first-order chi connectivity index (χ1) is 8.52. The van der Waals surface area contributed by atoms with Crippen LogP contribution in [0.3, 0.4) is 0 Å². The van der Waals surface area contributed by atoms with Crippen molar-refractivity contribution in [3.8, 4) is 16.9 Å². The molecule has 0 aromatic heterocycles. The van der Waals surface area contributed by atoms with Gasteiger partial charge in [-0.05, 0) is 29.8 Å². The molecule has 1 nitrogen and oxygen atoms in total. The second-order valence-corrected chi connectivity index (χ2v) is 4.82. The van der Waals surface area contributed by atoms with E-state index in [1.165, 1.54) is 25.3 Å². The van der Waals surface area contributed by atoms with Gasteiger partial charge in [0.1, 0.15) is 0 Å². The monoisotopic (exact) mass is 304 g/mol. The van der Waals surface area contributed by atoms with E-state index in [4.69, 9.17) is 39.5 Å². The summed E-state index contributed by atoms with van der Waals surface area (Å²) in [5.74, 6) is -0.285. The Morgan fingerprint density at radius 3 is 2.22 bits per heavy atom. The Morgan fingerprint density at radius 2 is 1.61 bits per heavy atom. The van der Waals surface area contributed by atoms with Gasteiger partial charge in [0.15, 0.2) is 11.6 Å². The molecule has 18 heavy (non-hydrogen) atoms. The van der Waals surface area contributed by atoms with Gasteiger partial charge in [0.25, 0.3) is 0 Å². The van der Waals surface area contributed by atoms with Crippen molar-refractivity contribution >= 4 is 34.8 Å². The molecular formula is C13H8Cl3FO. The molecule has 0 aliphatic rings. The molecule has 0 aliphatic carbocycles. The number of methoxy groups -OCH3 is 1. The maximum absolute atomic E-state index is 13.6. The molecule has 0 saturated heterocycles. The van der Waals surface area contributed by atoms with Gasteiger partial charge in [0.2, 0.25) is 0 Å². The Kier molecular flexibility index (Phi) is 4.00. The lowest BCUT2D eigenvalue weighted by Crippen LogP contribution is -1.89. The predicted molar refractivity (Wildman–Crippen MR) is 73.4 cm³/mol. The molecule has 0 spiro atoms. The SMILES string of the molecule is COc1ccc(-c2cc(Cl)c(Cl)cc2Cl)cc1F. The van der Waals surface area contributed by atoms with E-state index in [0.717, 1.165) is 0 Å². The minimum absolute atomic E-state index is 0.176. The maximum atomic E-state index is 13.6. The summed E-state index contributed by atoms with van der Waals surface area (Å²) in [4.78, 5) is 0. The topological polar surface area (TPSA) is 9.23 Å². The van der Waals surface area contributed by atoms with E-state index in [-0.39, 0.29) is 5.75 Å². The zero-order valence-electron chi connectivity index (χ0n) is 9.31. The molecule has 0 radical (unpaired) electrons. The summed E-state index contributed by atoms with van der Waals surface area (Å²) in [7, 11) is 1.41. The van der Waals surface area contributed by atoms with Crippen LogP contribution in [-0.2, 0) is 0 Å². The number of halogens is 4. The zero-order valence-corrected chi connectivity index (χ0v) is 11.6. The third-order valence-corrected chi connectivity index (χ3v) is 3.51. The zero-order chi connectivity index (χ0) is 13.3. The van der Waals surface area contributed by atoms with Crippen LogP contribution < -0.4 is 4.74 Å². The molecule has 0 aliphatic heterocycles. The van der Waals surface area contributed by atoms with Crippen LogP contribution in [0, 0.1) is 5.82 Å². The van der Waals surface area contributed by atoms with Gasteiger partial charge in [-0.1, -0.05) is 40.9 Å². The first-order valence-corrected chi connectivity index (χ1v) is 6.14. The number of hydrogen-bond donors (Lipinski definition) is 0. The second kappa shape index (κ2) is 5.35. The molecule has 0 N–H and O–H groups in total. The molecule has 0 atom stereocenters. The van der Waals surface area contributed by atoms with E-state index in [0.29, 0.717) is 26.2 Å². The molecule has 0 heterocycles. The van der Waals surface area contributed by atoms with Crippen molar-refractivity contribution in [3.05, 3.63) is 51.2 Å². The van der Waals surface area contributed by atoms with Crippen molar-refractivity contribution in [1.29, 1.82) is 0 Å². The lowest BCUT2D eigenvalue weighted by Gasteiger charge is -2.08. The van der Waals surface area contributed by atoms with Gasteiger partial charge in [-0.2, -0.15) is 0 Å². The normalized spacial score (nSPS) is 10.5. The highest BCUT2D eigenvalue weighted by Crippen LogP contribution is 2.36. The van der Waals surface area contributed by atoms with E-state index in [9.17, 15) is 4.39 Å². The van der Waals surface area contributed by atoms with E-state index < -0.39 is 5.82 Å². The van der Waals surface area contributed by atoms with Crippen LogP contribution in [0.4, 0.5) is 4.39 Å². The van der Waals surface area contributed by atoms with Crippen LogP contribution in [0.2, 0.25) is 15.1 Å². The molecule has 2 rings (SSSR count). The Labute approximate surface area is 119 Å². The molecule has 0 amide bonds. The second-order valence-electron chi connectivity index (χ2n) is 3.60. The van der Waals surface area contributed by atoms with Gasteiger partial charge < -0.3 is 4.74 Å². The lowest BCUT2D eigenvalue weighted by molar-refractivity contribution is 0.386. The molecule has 0 fully saturated rings. The van der Waals surface area contributed by atoms with Crippen molar-refractivity contribution in [1.82, 2.24) is 0 Å². The van der Waals surface area contributed by atoms with Crippen LogP contribution in [0.15, 0.2) is 30.3 Å².